The minimum atomic E-state index is -3.09. The molecule has 0 aliphatic heterocycles. The molecule has 1 aromatic heterocycles. The quantitative estimate of drug-likeness (QED) is 0.678. The van der Waals surface area contributed by atoms with Gasteiger partial charge in [0, 0.05) is 19.3 Å². The molecular formula is C11H16N4O2S. The monoisotopic (exact) mass is 268 g/mol. The first-order valence-electron chi connectivity index (χ1n) is 5.51. The van der Waals surface area contributed by atoms with Crippen molar-refractivity contribution in [1.29, 1.82) is 5.26 Å². The Labute approximate surface area is 107 Å². The summed E-state index contributed by atoms with van der Waals surface area (Å²) >= 11 is 0. The number of sulfonamides is 1. The molecule has 0 bridgehead atoms. The highest BCUT2D eigenvalue weighted by Gasteiger charge is 1.99. The summed E-state index contributed by atoms with van der Waals surface area (Å²) in [5, 5.41) is 11.8. The van der Waals surface area contributed by atoms with Gasteiger partial charge < -0.3 is 5.32 Å². The minimum Gasteiger partial charge on any atom is -0.313 e. The lowest BCUT2D eigenvalue weighted by atomic mass is 10.2. The molecule has 1 heterocycles. The number of hydrogen-bond acceptors (Lipinski definition) is 5. The molecule has 7 heteroatoms. The Hall–Kier alpha value is -1.49. The van der Waals surface area contributed by atoms with Gasteiger partial charge in [-0.15, -0.1) is 0 Å². The van der Waals surface area contributed by atoms with Crippen LogP contribution in [-0.2, 0) is 16.6 Å². The van der Waals surface area contributed by atoms with E-state index in [0.717, 1.165) is 11.8 Å². The number of pyridine rings is 1. The second kappa shape index (κ2) is 7.06. The zero-order chi connectivity index (χ0) is 13.4. The number of hydrogen-bond donors (Lipinski definition) is 2. The third kappa shape index (κ3) is 6.30. The summed E-state index contributed by atoms with van der Waals surface area (Å²) in [6.45, 7) is 1.76. The number of nitrogens with zero attached hydrogens (tertiary/aromatic N) is 2. The predicted molar refractivity (Wildman–Crippen MR) is 68.1 cm³/mol. The highest BCUT2D eigenvalue weighted by molar-refractivity contribution is 7.88. The highest BCUT2D eigenvalue weighted by atomic mass is 32.2. The molecule has 0 atom stereocenters. The molecule has 18 heavy (non-hydrogen) atoms. The summed E-state index contributed by atoms with van der Waals surface area (Å²) in [6.07, 6.45) is 3.45. The van der Waals surface area contributed by atoms with Crippen LogP contribution in [0, 0.1) is 11.3 Å². The van der Waals surface area contributed by atoms with Crippen molar-refractivity contribution >= 4 is 10.0 Å². The first-order chi connectivity index (χ1) is 8.51. The number of nitriles is 1. The molecule has 0 spiro atoms. The Morgan fingerprint density at radius 3 is 2.89 bits per heavy atom. The minimum absolute atomic E-state index is 0.396. The Morgan fingerprint density at radius 2 is 2.22 bits per heavy atom. The van der Waals surface area contributed by atoms with Gasteiger partial charge in [-0.3, -0.25) is 0 Å². The molecule has 98 valence electrons. The predicted octanol–water partition coefficient (Wildman–Crippen LogP) is -0.0178. The van der Waals surface area contributed by atoms with Crippen molar-refractivity contribution in [2.24, 2.45) is 0 Å². The average Bonchev–Trinajstić information content (AvgIpc) is 2.32. The maximum atomic E-state index is 10.8. The van der Waals surface area contributed by atoms with E-state index in [0.29, 0.717) is 31.7 Å². The van der Waals surface area contributed by atoms with Gasteiger partial charge in [0.05, 0.1) is 6.26 Å². The van der Waals surface area contributed by atoms with Crippen LogP contribution in [0.5, 0.6) is 0 Å². The highest BCUT2D eigenvalue weighted by Crippen LogP contribution is 1.99. The first kappa shape index (κ1) is 14.6. The molecule has 1 aromatic rings. The standard InChI is InChI=1S/C11H16N4O2S/c1-18(16,17)15-5-2-4-13-9-10-3-6-14-11(7-10)8-12/h3,6-7,13,15H,2,4-5,9H2,1H3. The maximum Gasteiger partial charge on any atom is 0.208 e. The smallest absolute Gasteiger partial charge is 0.208 e. The molecule has 0 amide bonds. The molecule has 0 unspecified atom stereocenters. The number of aromatic nitrogens is 1. The average molecular weight is 268 g/mol. The van der Waals surface area contributed by atoms with Crippen LogP contribution in [0.25, 0.3) is 0 Å². The molecule has 0 aromatic carbocycles. The summed E-state index contributed by atoms with van der Waals surface area (Å²) in [6, 6.07) is 5.54. The van der Waals surface area contributed by atoms with E-state index < -0.39 is 10.0 Å². The van der Waals surface area contributed by atoms with Crippen molar-refractivity contribution in [1.82, 2.24) is 15.0 Å². The second-order valence-corrected chi connectivity index (χ2v) is 5.69. The third-order valence-corrected chi connectivity index (χ3v) is 2.89. The Balaban J connectivity index is 2.20. The van der Waals surface area contributed by atoms with Gasteiger partial charge in [-0.1, -0.05) is 0 Å². The lowest BCUT2D eigenvalue weighted by molar-refractivity contribution is 0.579. The van der Waals surface area contributed by atoms with E-state index in [2.05, 4.69) is 15.0 Å². The van der Waals surface area contributed by atoms with Crippen molar-refractivity contribution in [2.45, 2.75) is 13.0 Å². The topological polar surface area (TPSA) is 94.9 Å². The van der Waals surface area contributed by atoms with Crippen LogP contribution in [0.15, 0.2) is 18.3 Å². The molecule has 0 fully saturated rings. The molecule has 0 aliphatic carbocycles. The Morgan fingerprint density at radius 1 is 1.44 bits per heavy atom. The zero-order valence-electron chi connectivity index (χ0n) is 10.2. The van der Waals surface area contributed by atoms with Gasteiger partial charge in [0.2, 0.25) is 10.0 Å². The summed E-state index contributed by atoms with van der Waals surface area (Å²) in [4.78, 5) is 3.88. The van der Waals surface area contributed by atoms with Crippen molar-refractivity contribution < 1.29 is 8.42 Å². The van der Waals surface area contributed by atoms with Crippen molar-refractivity contribution in [2.75, 3.05) is 19.3 Å². The van der Waals surface area contributed by atoms with Crippen molar-refractivity contribution in [3.63, 3.8) is 0 Å². The SMILES string of the molecule is CS(=O)(=O)NCCCNCc1ccnc(C#N)c1. The lowest BCUT2D eigenvalue weighted by Gasteiger charge is -2.05. The fourth-order valence-corrected chi connectivity index (χ4v) is 1.86. The molecule has 0 saturated carbocycles. The molecule has 6 nitrogen and oxygen atoms in total. The zero-order valence-corrected chi connectivity index (χ0v) is 11.0. The van der Waals surface area contributed by atoms with Crippen LogP contribution in [0.4, 0.5) is 0 Å². The maximum absolute atomic E-state index is 10.8. The van der Waals surface area contributed by atoms with E-state index in [1.54, 1.807) is 12.3 Å². The fraction of sp³-hybridized carbons (Fsp3) is 0.455. The van der Waals surface area contributed by atoms with E-state index in [4.69, 9.17) is 5.26 Å². The number of nitrogens with one attached hydrogen (secondary N) is 2. The fourth-order valence-electron chi connectivity index (χ4n) is 1.35. The molecule has 2 N–H and O–H groups in total. The molecule has 0 radical (unpaired) electrons. The third-order valence-electron chi connectivity index (χ3n) is 2.16. The van der Waals surface area contributed by atoms with Crippen molar-refractivity contribution in [3.05, 3.63) is 29.6 Å². The lowest BCUT2D eigenvalue weighted by Crippen LogP contribution is -2.26. The van der Waals surface area contributed by atoms with Crippen LogP contribution in [-0.4, -0.2) is 32.7 Å². The summed E-state index contributed by atoms with van der Waals surface area (Å²) in [5.74, 6) is 0. The van der Waals surface area contributed by atoms with Crippen LogP contribution in [0.3, 0.4) is 0 Å². The molecule has 0 saturated heterocycles. The van der Waals surface area contributed by atoms with Crippen LogP contribution >= 0.6 is 0 Å². The van der Waals surface area contributed by atoms with E-state index in [1.165, 1.54) is 0 Å². The summed E-state index contributed by atoms with van der Waals surface area (Å²) < 4.78 is 24.0. The van der Waals surface area contributed by atoms with Gasteiger partial charge >= 0.3 is 0 Å². The van der Waals surface area contributed by atoms with Gasteiger partial charge in [0.15, 0.2) is 0 Å². The molecule has 0 aliphatic rings. The van der Waals surface area contributed by atoms with Crippen LogP contribution < -0.4 is 10.0 Å². The molecule has 1 rings (SSSR count). The summed E-state index contributed by atoms with van der Waals surface area (Å²) in [5.41, 5.74) is 1.38. The summed E-state index contributed by atoms with van der Waals surface area (Å²) in [7, 11) is -3.09. The van der Waals surface area contributed by atoms with Gasteiger partial charge in [0.1, 0.15) is 11.8 Å². The Kier molecular flexibility index (Phi) is 5.71. The van der Waals surface area contributed by atoms with Gasteiger partial charge in [-0.2, -0.15) is 5.26 Å². The van der Waals surface area contributed by atoms with Crippen molar-refractivity contribution in [3.8, 4) is 6.07 Å². The normalized spacial score (nSPS) is 11.1. The van der Waals surface area contributed by atoms with Gasteiger partial charge in [-0.05, 0) is 30.7 Å². The Bertz CT molecular complexity index is 522. The first-order valence-corrected chi connectivity index (χ1v) is 7.41. The second-order valence-electron chi connectivity index (χ2n) is 3.86. The van der Waals surface area contributed by atoms with Gasteiger partial charge in [0.25, 0.3) is 0 Å². The van der Waals surface area contributed by atoms with E-state index in [1.807, 2.05) is 12.1 Å². The van der Waals surface area contributed by atoms with E-state index in [9.17, 15) is 8.42 Å². The van der Waals surface area contributed by atoms with E-state index >= 15 is 0 Å². The number of rotatable bonds is 7. The van der Waals surface area contributed by atoms with E-state index in [-0.39, 0.29) is 0 Å². The van der Waals surface area contributed by atoms with Crippen LogP contribution in [0.1, 0.15) is 17.7 Å². The molecular weight excluding hydrogens is 252 g/mol. The van der Waals surface area contributed by atoms with Gasteiger partial charge in [-0.25, -0.2) is 18.1 Å². The largest absolute Gasteiger partial charge is 0.313 e. The van der Waals surface area contributed by atoms with Crippen LogP contribution in [0.2, 0.25) is 0 Å².